The van der Waals surface area contributed by atoms with Crippen molar-refractivity contribution in [3.05, 3.63) is 23.8 Å². The van der Waals surface area contributed by atoms with Crippen LogP contribution in [0.1, 0.15) is 18.9 Å². The Bertz CT molecular complexity index is 307. The summed E-state index contributed by atoms with van der Waals surface area (Å²) in [7, 11) is 0. The van der Waals surface area contributed by atoms with Gasteiger partial charge in [0.2, 0.25) is 0 Å². The standard InChI is InChI=1S/C11H16N2/c1-2-7-13-8-6-9-10(12)4-3-5-11(9)13/h3-5H,2,6-8,12H2,1H3. The van der Waals surface area contributed by atoms with Crippen molar-refractivity contribution in [1.29, 1.82) is 0 Å². The van der Waals surface area contributed by atoms with Crippen molar-refractivity contribution in [2.75, 3.05) is 23.7 Å². The molecule has 2 N–H and O–H groups in total. The number of nitrogens with zero attached hydrogens (tertiary/aromatic N) is 1. The van der Waals surface area contributed by atoms with Crippen LogP contribution in [0.4, 0.5) is 11.4 Å². The maximum atomic E-state index is 5.90. The third-order valence-corrected chi connectivity index (χ3v) is 2.65. The summed E-state index contributed by atoms with van der Waals surface area (Å²) in [4.78, 5) is 2.42. The molecule has 1 heterocycles. The van der Waals surface area contributed by atoms with Crippen molar-refractivity contribution >= 4 is 11.4 Å². The Hall–Kier alpha value is -1.18. The van der Waals surface area contributed by atoms with Gasteiger partial charge in [-0.2, -0.15) is 0 Å². The number of anilines is 2. The zero-order chi connectivity index (χ0) is 9.26. The van der Waals surface area contributed by atoms with Crippen LogP contribution in [0.3, 0.4) is 0 Å². The van der Waals surface area contributed by atoms with E-state index in [1.54, 1.807) is 0 Å². The molecule has 1 aliphatic rings. The van der Waals surface area contributed by atoms with Gasteiger partial charge in [-0.05, 0) is 25.0 Å². The van der Waals surface area contributed by atoms with Gasteiger partial charge in [0, 0.05) is 30.0 Å². The Morgan fingerprint density at radius 1 is 1.46 bits per heavy atom. The van der Waals surface area contributed by atoms with E-state index in [0.717, 1.165) is 25.2 Å². The summed E-state index contributed by atoms with van der Waals surface area (Å²) in [5.41, 5.74) is 9.55. The highest BCUT2D eigenvalue weighted by molar-refractivity contribution is 5.68. The van der Waals surface area contributed by atoms with Crippen LogP contribution in [0.15, 0.2) is 18.2 Å². The molecule has 0 atom stereocenters. The van der Waals surface area contributed by atoms with Crippen molar-refractivity contribution < 1.29 is 0 Å². The third-order valence-electron chi connectivity index (χ3n) is 2.65. The van der Waals surface area contributed by atoms with E-state index in [0.29, 0.717) is 0 Å². The summed E-state index contributed by atoms with van der Waals surface area (Å²) in [6.07, 6.45) is 2.32. The first-order chi connectivity index (χ1) is 6.33. The van der Waals surface area contributed by atoms with Gasteiger partial charge in [-0.25, -0.2) is 0 Å². The maximum absolute atomic E-state index is 5.90. The summed E-state index contributed by atoms with van der Waals surface area (Å²) in [5.74, 6) is 0. The van der Waals surface area contributed by atoms with Crippen LogP contribution >= 0.6 is 0 Å². The van der Waals surface area contributed by atoms with Crippen molar-refractivity contribution in [2.45, 2.75) is 19.8 Å². The molecule has 0 unspecified atom stereocenters. The molecule has 0 aliphatic carbocycles. The van der Waals surface area contributed by atoms with Gasteiger partial charge in [-0.15, -0.1) is 0 Å². The van der Waals surface area contributed by atoms with Crippen LogP contribution < -0.4 is 10.6 Å². The topological polar surface area (TPSA) is 29.3 Å². The lowest BCUT2D eigenvalue weighted by atomic mass is 10.1. The fourth-order valence-electron chi connectivity index (χ4n) is 2.03. The Morgan fingerprint density at radius 3 is 3.08 bits per heavy atom. The van der Waals surface area contributed by atoms with E-state index < -0.39 is 0 Å². The first-order valence-corrected chi connectivity index (χ1v) is 4.95. The van der Waals surface area contributed by atoms with Crippen LogP contribution in [0.5, 0.6) is 0 Å². The van der Waals surface area contributed by atoms with E-state index in [9.17, 15) is 0 Å². The number of benzene rings is 1. The summed E-state index contributed by atoms with van der Waals surface area (Å²) >= 11 is 0. The number of nitrogen functional groups attached to an aromatic ring is 1. The molecule has 13 heavy (non-hydrogen) atoms. The van der Waals surface area contributed by atoms with E-state index in [1.165, 1.54) is 17.7 Å². The molecule has 1 aromatic rings. The molecular weight excluding hydrogens is 160 g/mol. The zero-order valence-electron chi connectivity index (χ0n) is 8.09. The van der Waals surface area contributed by atoms with Gasteiger partial charge in [-0.1, -0.05) is 13.0 Å². The Labute approximate surface area is 79.4 Å². The van der Waals surface area contributed by atoms with Gasteiger partial charge in [0.1, 0.15) is 0 Å². The molecule has 0 fully saturated rings. The van der Waals surface area contributed by atoms with Crippen molar-refractivity contribution in [3.63, 3.8) is 0 Å². The van der Waals surface area contributed by atoms with Gasteiger partial charge in [0.15, 0.2) is 0 Å². The molecule has 0 saturated heterocycles. The average molecular weight is 176 g/mol. The van der Waals surface area contributed by atoms with E-state index in [4.69, 9.17) is 5.73 Å². The smallest absolute Gasteiger partial charge is 0.0420 e. The molecule has 0 bridgehead atoms. The Balaban J connectivity index is 2.32. The van der Waals surface area contributed by atoms with Crippen LogP contribution in [0, 0.1) is 0 Å². The number of fused-ring (bicyclic) bond motifs is 1. The van der Waals surface area contributed by atoms with Crippen molar-refractivity contribution in [1.82, 2.24) is 0 Å². The summed E-state index contributed by atoms with van der Waals surface area (Å²) < 4.78 is 0. The lowest BCUT2D eigenvalue weighted by molar-refractivity contribution is 0.797. The lowest BCUT2D eigenvalue weighted by Gasteiger charge is -2.18. The predicted molar refractivity (Wildman–Crippen MR) is 57.1 cm³/mol. The largest absolute Gasteiger partial charge is 0.398 e. The molecule has 1 aromatic carbocycles. The second kappa shape index (κ2) is 3.29. The van der Waals surface area contributed by atoms with Gasteiger partial charge in [0.05, 0.1) is 0 Å². The number of hydrogen-bond donors (Lipinski definition) is 1. The second-order valence-electron chi connectivity index (χ2n) is 3.58. The zero-order valence-corrected chi connectivity index (χ0v) is 8.09. The molecule has 70 valence electrons. The monoisotopic (exact) mass is 176 g/mol. The Morgan fingerprint density at radius 2 is 2.31 bits per heavy atom. The molecule has 0 amide bonds. The van der Waals surface area contributed by atoms with E-state index >= 15 is 0 Å². The van der Waals surface area contributed by atoms with Gasteiger partial charge >= 0.3 is 0 Å². The van der Waals surface area contributed by atoms with Crippen molar-refractivity contribution in [2.24, 2.45) is 0 Å². The minimum atomic E-state index is 0.955. The molecule has 0 aromatic heterocycles. The van der Waals surface area contributed by atoms with E-state index in [2.05, 4.69) is 17.9 Å². The molecule has 1 aliphatic heterocycles. The van der Waals surface area contributed by atoms with Gasteiger partial charge in [-0.3, -0.25) is 0 Å². The molecule has 2 rings (SSSR count). The lowest BCUT2D eigenvalue weighted by Crippen LogP contribution is -2.20. The maximum Gasteiger partial charge on any atom is 0.0420 e. The first-order valence-electron chi connectivity index (χ1n) is 4.95. The first kappa shape index (κ1) is 8.42. The molecular formula is C11H16N2. The van der Waals surface area contributed by atoms with Gasteiger partial charge < -0.3 is 10.6 Å². The van der Waals surface area contributed by atoms with Gasteiger partial charge in [0.25, 0.3) is 0 Å². The highest BCUT2D eigenvalue weighted by atomic mass is 15.1. The fraction of sp³-hybridized carbons (Fsp3) is 0.455. The Kier molecular flexibility index (Phi) is 2.13. The van der Waals surface area contributed by atoms with E-state index in [1.807, 2.05) is 12.1 Å². The number of hydrogen-bond acceptors (Lipinski definition) is 2. The summed E-state index contributed by atoms with van der Waals surface area (Å²) in [6.45, 7) is 4.50. The quantitative estimate of drug-likeness (QED) is 0.699. The molecule has 2 nitrogen and oxygen atoms in total. The SMILES string of the molecule is CCCN1CCc2c(N)cccc21. The molecule has 0 spiro atoms. The average Bonchev–Trinajstić information content (AvgIpc) is 2.51. The van der Waals surface area contributed by atoms with E-state index in [-0.39, 0.29) is 0 Å². The minimum Gasteiger partial charge on any atom is -0.398 e. The fourth-order valence-corrected chi connectivity index (χ4v) is 2.03. The molecule has 0 saturated carbocycles. The van der Waals surface area contributed by atoms with Crippen LogP contribution in [-0.4, -0.2) is 13.1 Å². The predicted octanol–water partition coefficient (Wildman–Crippen LogP) is 2.04. The number of rotatable bonds is 2. The van der Waals surface area contributed by atoms with Crippen LogP contribution in [0.2, 0.25) is 0 Å². The highest BCUT2D eigenvalue weighted by Crippen LogP contribution is 2.31. The normalized spacial score (nSPS) is 14.7. The summed E-state index contributed by atoms with van der Waals surface area (Å²) in [5, 5.41) is 0. The molecule has 0 radical (unpaired) electrons. The van der Waals surface area contributed by atoms with Crippen LogP contribution in [0.25, 0.3) is 0 Å². The van der Waals surface area contributed by atoms with Crippen molar-refractivity contribution in [3.8, 4) is 0 Å². The second-order valence-corrected chi connectivity index (χ2v) is 3.58. The summed E-state index contributed by atoms with van der Waals surface area (Å²) in [6, 6.07) is 6.21. The minimum absolute atomic E-state index is 0.955. The number of nitrogens with two attached hydrogens (primary N) is 1. The van der Waals surface area contributed by atoms with Crippen LogP contribution in [-0.2, 0) is 6.42 Å². The molecule has 2 heteroatoms. The highest BCUT2D eigenvalue weighted by Gasteiger charge is 2.19. The third kappa shape index (κ3) is 1.37.